The van der Waals surface area contributed by atoms with E-state index in [9.17, 15) is 32.3 Å². The molecule has 1 atom stereocenters. The maximum atomic E-state index is 14.0. The van der Waals surface area contributed by atoms with E-state index in [1.807, 2.05) is 0 Å². The summed E-state index contributed by atoms with van der Waals surface area (Å²) >= 11 is 0. The Balaban J connectivity index is 1.48. The van der Waals surface area contributed by atoms with Crippen molar-refractivity contribution in [1.82, 2.24) is 4.90 Å². The van der Waals surface area contributed by atoms with Crippen LogP contribution in [0.4, 0.5) is 17.6 Å². The molecule has 2 aromatic rings. The van der Waals surface area contributed by atoms with Crippen molar-refractivity contribution in [3.05, 3.63) is 76.6 Å². The van der Waals surface area contributed by atoms with Gasteiger partial charge >= 0.3 is 12.1 Å². The highest BCUT2D eigenvalue weighted by atomic mass is 19.4. The van der Waals surface area contributed by atoms with Crippen molar-refractivity contribution < 1.29 is 32.3 Å². The largest absolute Gasteiger partial charge is 0.481 e. The molecule has 0 radical (unpaired) electrons. The number of alkyl halides is 3. The summed E-state index contributed by atoms with van der Waals surface area (Å²) < 4.78 is 53.5. The van der Waals surface area contributed by atoms with Gasteiger partial charge in [0.2, 0.25) is 5.91 Å². The van der Waals surface area contributed by atoms with E-state index in [0.29, 0.717) is 32.4 Å². The molecular weight excluding hydrogens is 438 g/mol. The Hall–Kier alpha value is -3.16. The minimum absolute atomic E-state index is 0.0373. The number of aliphatic carboxylic acids is 1. The summed E-state index contributed by atoms with van der Waals surface area (Å²) in [5, 5.41) is 9.27. The van der Waals surface area contributed by atoms with E-state index in [0.717, 1.165) is 23.3 Å². The molecule has 1 heterocycles. The topological polar surface area (TPSA) is 57.6 Å². The Labute approximate surface area is 188 Å². The Bertz CT molecular complexity index is 1100. The highest BCUT2D eigenvalue weighted by Crippen LogP contribution is 2.53. The van der Waals surface area contributed by atoms with Crippen LogP contribution < -0.4 is 0 Å². The molecule has 1 amide bonds. The lowest BCUT2D eigenvalue weighted by Crippen LogP contribution is -2.44. The number of benzene rings is 2. The number of amides is 1. The maximum Gasteiger partial charge on any atom is 0.416 e. The molecule has 1 spiro atoms. The number of carboxylic acid groups (broad SMARTS) is 1. The maximum absolute atomic E-state index is 14.0. The predicted molar refractivity (Wildman–Crippen MR) is 114 cm³/mol. The minimum Gasteiger partial charge on any atom is -0.481 e. The normalized spacial score (nSPS) is 19.8. The average Bonchev–Trinajstić information content (AvgIpc) is 3.03. The van der Waals surface area contributed by atoms with Crippen molar-refractivity contribution in [1.29, 1.82) is 0 Å². The molecule has 1 unspecified atom stereocenters. The van der Waals surface area contributed by atoms with E-state index in [1.54, 1.807) is 11.0 Å². The number of likely N-dealkylation sites (tertiary alicyclic amines) is 1. The van der Waals surface area contributed by atoms with Gasteiger partial charge in [-0.15, -0.1) is 0 Å². The average molecular weight is 461 g/mol. The van der Waals surface area contributed by atoms with Crippen molar-refractivity contribution in [3.63, 3.8) is 0 Å². The molecule has 1 aliphatic heterocycles. The van der Waals surface area contributed by atoms with Gasteiger partial charge in [0.25, 0.3) is 0 Å². The van der Waals surface area contributed by atoms with Crippen molar-refractivity contribution in [2.24, 2.45) is 0 Å². The van der Waals surface area contributed by atoms with Crippen molar-refractivity contribution in [3.8, 4) is 0 Å². The number of carbonyl (C=O) groups excluding carboxylic acids is 1. The van der Waals surface area contributed by atoms with Crippen LogP contribution in [0.25, 0.3) is 6.08 Å². The summed E-state index contributed by atoms with van der Waals surface area (Å²) in [6.45, 7) is 0.722. The molecule has 1 N–H and O–H groups in total. The number of nitrogens with zero attached hydrogens (tertiary/aromatic N) is 1. The predicted octanol–water partition coefficient (Wildman–Crippen LogP) is 5.38. The first-order valence-electron chi connectivity index (χ1n) is 10.7. The van der Waals surface area contributed by atoms with Gasteiger partial charge in [-0.1, -0.05) is 24.3 Å². The molecule has 2 aliphatic rings. The van der Waals surface area contributed by atoms with Gasteiger partial charge in [0.1, 0.15) is 5.82 Å². The second-order valence-corrected chi connectivity index (χ2v) is 8.75. The lowest BCUT2D eigenvalue weighted by molar-refractivity contribution is -0.138. The van der Waals surface area contributed by atoms with Crippen LogP contribution in [-0.2, 0) is 21.2 Å². The standard InChI is InChI=1S/C25H23F4NO3/c26-18-6-7-19-17(13-23(32)33)15-24(21(19)14-18)9-11-30(12-10-24)22(31)8-5-16-3-1-2-4-20(16)25(27,28)29/h1-8,14,17H,9-13,15H2,(H,32,33). The summed E-state index contributed by atoms with van der Waals surface area (Å²) in [6.07, 6.45) is -0.564. The molecule has 33 heavy (non-hydrogen) atoms. The van der Waals surface area contributed by atoms with E-state index in [2.05, 4.69) is 0 Å². The van der Waals surface area contributed by atoms with Crippen LogP contribution in [0.5, 0.6) is 0 Å². The number of carboxylic acids is 1. The molecule has 174 valence electrons. The summed E-state index contributed by atoms with van der Waals surface area (Å²) in [5.41, 5.74) is 0.378. The quantitative estimate of drug-likeness (QED) is 0.491. The van der Waals surface area contributed by atoms with Gasteiger partial charge in [-0.05, 0) is 71.6 Å². The van der Waals surface area contributed by atoms with Gasteiger partial charge in [0, 0.05) is 19.2 Å². The highest BCUT2D eigenvalue weighted by Gasteiger charge is 2.46. The zero-order valence-electron chi connectivity index (χ0n) is 17.7. The van der Waals surface area contributed by atoms with Crippen molar-refractivity contribution in [2.75, 3.05) is 13.1 Å². The van der Waals surface area contributed by atoms with Crippen LogP contribution in [0.2, 0.25) is 0 Å². The van der Waals surface area contributed by atoms with E-state index in [1.165, 1.54) is 36.4 Å². The summed E-state index contributed by atoms with van der Waals surface area (Å²) in [7, 11) is 0. The van der Waals surface area contributed by atoms with Crippen LogP contribution in [0, 0.1) is 5.82 Å². The van der Waals surface area contributed by atoms with Gasteiger partial charge in [-0.25, -0.2) is 4.39 Å². The third-order valence-corrected chi connectivity index (χ3v) is 6.79. The molecule has 2 aromatic carbocycles. The van der Waals surface area contributed by atoms with Crippen LogP contribution in [0.15, 0.2) is 48.5 Å². The van der Waals surface area contributed by atoms with Gasteiger partial charge in [-0.3, -0.25) is 9.59 Å². The second-order valence-electron chi connectivity index (χ2n) is 8.75. The number of fused-ring (bicyclic) bond motifs is 2. The van der Waals surface area contributed by atoms with Crippen LogP contribution >= 0.6 is 0 Å². The van der Waals surface area contributed by atoms with Gasteiger partial charge in [0.05, 0.1) is 12.0 Å². The van der Waals surface area contributed by atoms with Gasteiger partial charge in [0.15, 0.2) is 0 Å². The SMILES string of the molecule is O=C(O)CC1CC2(CCN(C(=O)C=Cc3ccccc3C(F)(F)F)CC2)c2cc(F)ccc21. The van der Waals surface area contributed by atoms with Crippen LogP contribution in [0.1, 0.15) is 53.9 Å². The summed E-state index contributed by atoms with van der Waals surface area (Å²) in [5.74, 6) is -1.89. The third-order valence-electron chi connectivity index (χ3n) is 6.79. The first kappa shape index (κ1) is 23.0. The fourth-order valence-corrected chi connectivity index (χ4v) is 5.22. The summed E-state index contributed by atoms with van der Waals surface area (Å²) in [4.78, 5) is 25.6. The first-order chi connectivity index (χ1) is 15.6. The number of halogens is 4. The zero-order chi connectivity index (χ0) is 23.8. The number of piperidine rings is 1. The fraction of sp³-hybridized carbons (Fsp3) is 0.360. The molecule has 1 saturated heterocycles. The monoisotopic (exact) mass is 461 g/mol. The Morgan fingerprint density at radius 2 is 1.82 bits per heavy atom. The molecular formula is C25H23F4NO3. The molecule has 1 aliphatic carbocycles. The second kappa shape index (κ2) is 8.65. The molecule has 0 bridgehead atoms. The molecule has 0 aromatic heterocycles. The van der Waals surface area contributed by atoms with Gasteiger partial charge < -0.3 is 10.0 Å². The molecule has 8 heteroatoms. The number of hydrogen-bond acceptors (Lipinski definition) is 2. The van der Waals surface area contributed by atoms with E-state index >= 15 is 0 Å². The molecule has 4 rings (SSSR count). The van der Waals surface area contributed by atoms with Gasteiger partial charge in [-0.2, -0.15) is 13.2 Å². The minimum atomic E-state index is -4.51. The van der Waals surface area contributed by atoms with E-state index < -0.39 is 23.1 Å². The van der Waals surface area contributed by atoms with Crippen LogP contribution in [0.3, 0.4) is 0 Å². The van der Waals surface area contributed by atoms with E-state index in [-0.39, 0.29) is 29.6 Å². The molecule has 0 saturated carbocycles. The van der Waals surface area contributed by atoms with Crippen molar-refractivity contribution >= 4 is 18.0 Å². The number of carbonyl (C=O) groups is 2. The zero-order valence-corrected chi connectivity index (χ0v) is 17.7. The lowest BCUT2D eigenvalue weighted by atomic mass is 9.73. The summed E-state index contributed by atoms with van der Waals surface area (Å²) in [6, 6.07) is 9.53. The Morgan fingerprint density at radius 1 is 1.12 bits per heavy atom. The Morgan fingerprint density at radius 3 is 2.48 bits per heavy atom. The van der Waals surface area contributed by atoms with E-state index in [4.69, 9.17) is 0 Å². The molecule has 1 fully saturated rings. The fourth-order valence-electron chi connectivity index (χ4n) is 5.22. The Kier molecular flexibility index (Phi) is 6.03. The molecule has 4 nitrogen and oxygen atoms in total. The van der Waals surface area contributed by atoms with Crippen molar-refractivity contribution in [2.45, 2.75) is 43.2 Å². The smallest absolute Gasteiger partial charge is 0.416 e. The lowest BCUT2D eigenvalue weighted by Gasteiger charge is -2.40. The third kappa shape index (κ3) is 4.65. The first-order valence-corrected chi connectivity index (χ1v) is 10.7. The highest BCUT2D eigenvalue weighted by molar-refractivity contribution is 5.92. The number of hydrogen-bond donors (Lipinski definition) is 1. The van der Waals surface area contributed by atoms with Crippen LogP contribution in [-0.4, -0.2) is 35.0 Å². The number of rotatable bonds is 4.